The summed E-state index contributed by atoms with van der Waals surface area (Å²) >= 11 is 0. The molecule has 3 N–H and O–H groups in total. The Kier molecular flexibility index (Phi) is 3.34. The number of nitrogens with one attached hydrogen (secondary N) is 2. The van der Waals surface area contributed by atoms with Crippen LogP contribution in [0.4, 0.5) is 5.69 Å². The van der Waals surface area contributed by atoms with E-state index in [1.54, 1.807) is 0 Å². The highest BCUT2D eigenvalue weighted by molar-refractivity contribution is 5.96. The van der Waals surface area contributed by atoms with E-state index in [9.17, 15) is 9.59 Å². The molecule has 1 unspecified atom stereocenters. The first-order chi connectivity index (χ1) is 9.63. The fourth-order valence-electron chi connectivity index (χ4n) is 2.71. The van der Waals surface area contributed by atoms with Gasteiger partial charge in [-0.25, -0.2) is 0 Å². The summed E-state index contributed by atoms with van der Waals surface area (Å²) in [4.78, 5) is 23.1. The van der Waals surface area contributed by atoms with Crippen molar-refractivity contribution >= 4 is 17.6 Å². The summed E-state index contributed by atoms with van der Waals surface area (Å²) in [6.45, 7) is 0.907. The van der Waals surface area contributed by atoms with Crippen LogP contribution in [0.2, 0.25) is 0 Å². The molecule has 1 aromatic carbocycles. The summed E-state index contributed by atoms with van der Waals surface area (Å²) in [5, 5.41) is 15.0. The number of rotatable bonds is 5. The lowest BCUT2D eigenvalue weighted by Gasteiger charge is -2.16. The third-order valence-electron chi connectivity index (χ3n) is 3.98. The van der Waals surface area contributed by atoms with Crippen LogP contribution in [0.5, 0.6) is 0 Å². The van der Waals surface area contributed by atoms with Crippen molar-refractivity contribution < 1.29 is 14.7 Å². The van der Waals surface area contributed by atoms with Crippen LogP contribution >= 0.6 is 0 Å². The fraction of sp³-hybridized carbons (Fsp3) is 0.467. The Morgan fingerprint density at radius 1 is 1.40 bits per heavy atom. The standard InChI is InChI=1S/C15H18N2O3/c18-14(19)8-13(9-1-2-9)17-15(20)11-4-3-10-5-6-16-12(10)7-11/h3-4,7,9,13,16H,1-2,5-6,8H2,(H,17,20)(H,18,19). The number of hydrogen-bond acceptors (Lipinski definition) is 3. The quantitative estimate of drug-likeness (QED) is 0.762. The van der Waals surface area contributed by atoms with Gasteiger partial charge in [0.1, 0.15) is 0 Å². The second-order valence-corrected chi connectivity index (χ2v) is 5.56. The van der Waals surface area contributed by atoms with Crippen LogP contribution in [-0.2, 0) is 11.2 Å². The van der Waals surface area contributed by atoms with Crippen LogP contribution in [0.3, 0.4) is 0 Å². The normalized spacial score (nSPS) is 18.0. The highest BCUT2D eigenvalue weighted by atomic mass is 16.4. The average Bonchev–Trinajstić information content (AvgIpc) is 3.15. The number of benzene rings is 1. The first-order valence-electron chi connectivity index (χ1n) is 7.03. The van der Waals surface area contributed by atoms with E-state index in [0.717, 1.165) is 31.5 Å². The highest BCUT2D eigenvalue weighted by Crippen LogP contribution is 2.34. The minimum absolute atomic E-state index is 0.000399. The van der Waals surface area contributed by atoms with Crippen molar-refractivity contribution in [3.8, 4) is 0 Å². The van der Waals surface area contributed by atoms with Crippen molar-refractivity contribution in [1.29, 1.82) is 0 Å². The molecule has 0 spiro atoms. The number of carbonyl (C=O) groups is 2. The first-order valence-corrected chi connectivity index (χ1v) is 7.03. The zero-order valence-electron chi connectivity index (χ0n) is 11.2. The van der Waals surface area contributed by atoms with Gasteiger partial charge < -0.3 is 15.7 Å². The summed E-state index contributed by atoms with van der Waals surface area (Å²) < 4.78 is 0. The lowest BCUT2D eigenvalue weighted by molar-refractivity contribution is -0.137. The molecule has 20 heavy (non-hydrogen) atoms. The zero-order valence-corrected chi connectivity index (χ0v) is 11.2. The lowest BCUT2D eigenvalue weighted by atomic mass is 10.1. The summed E-state index contributed by atoms with van der Waals surface area (Å²) in [6.07, 6.45) is 2.99. The van der Waals surface area contributed by atoms with Crippen molar-refractivity contribution in [2.75, 3.05) is 11.9 Å². The number of fused-ring (bicyclic) bond motifs is 1. The summed E-state index contributed by atoms with van der Waals surface area (Å²) in [5.74, 6) is -0.722. The summed E-state index contributed by atoms with van der Waals surface area (Å²) in [5.41, 5.74) is 2.83. The molecule has 1 aromatic rings. The average molecular weight is 274 g/mol. The third kappa shape index (κ3) is 2.76. The van der Waals surface area contributed by atoms with E-state index in [2.05, 4.69) is 10.6 Å². The molecule has 0 radical (unpaired) electrons. The van der Waals surface area contributed by atoms with Gasteiger partial charge in [-0.15, -0.1) is 0 Å². The molecule has 1 atom stereocenters. The maximum absolute atomic E-state index is 12.2. The molecular weight excluding hydrogens is 256 g/mol. The van der Waals surface area contributed by atoms with Crippen LogP contribution in [0.1, 0.15) is 35.2 Å². The van der Waals surface area contributed by atoms with E-state index in [0.29, 0.717) is 11.5 Å². The van der Waals surface area contributed by atoms with Gasteiger partial charge in [-0.1, -0.05) is 6.07 Å². The van der Waals surface area contributed by atoms with Gasteiger partial charge in [-0.05, 0) is 42.9 Å². The van der Waals surface area contributed by atoms with Gasteiger partial charge in [0.2, 0.25) is 0 Å². The van der Waals surface area contributed by atoms with E-state index in [1.807, 2.05) is 18.2 Å². The summed E-state index contributed by atoms with van der Waals surface area (Å²) in [7, 11) is 0. The van der Waals surface area contributed by atoms with Crippen LogP contribution < -0.4 is 10.6 Å². The molecule has 0 saturated heterocycles. The SMILES string of the molecule is O=C(O)CC(NC(=O)c1ccc2c(c1)NCC2)C1CC1. The van der Waals surface area contributed by atoms with Crippen LogP contribution in [0, 0.1) is 5.92 Å². The highest BCUT2D eigenvalue weighted by Gasteiger charge is 2.34. The largest absolute Gasteiger partial charge is 0.481 e. The molecule has 1 fully saturated rings. The molecule has 5 heteroatoms. The molecule has 106 valence electrons. The second kappa shape index (κ2) is 5.15. The number of carbonyl (C=O) groups excluding carboxylic acids is 1. The van der Waals surface area contributed by atoms with E-state index in [1.165, 1.54) is 5.56 Å². The third-order valence-corrected chi connectivity index (χ3v) is 3.98. The maximum Gasteiger partial charge on any atom is 0.305 e. The second-order valence-electron chi connectivity index (χ2n) is 5.56. The van der Waals surface area contributed by atoms with Gasteiger partial charge >= 0.3 is 5.97 Å². The van der Waals surface area contributed by atoms with Gasteiger partial charge in [0, 0.05) is 23.8 Å². The van der Waals surface area contributed by atoms with Gasteiger partial charge in [0.25, 0.3) is 5.91 Å². The Morgan fingerprint density at radius 2 is 2.20 bits per heavy atom. The minimum atomic E-state index is -0.863. The Hall–Kier alpha value is -2.04. The topological polar surface area (TPSA) is 78.4 Å². The Labute approximate surface area is 117 Å². The molecular formula is C15H18N2O3. The molecule has 1 aliphatic heterocycles. The van der Waals surface area contributed by atoms with Crippen molar-refractivity contribution in [3.63, 3.8) is 0 Å². The predicted molar refractivity (Wildman–Crippen MR) is 74.9 cm³/mol. The number of carboxylic acids is 1. The molecule has 1 amide bonds. The Balaban J connectivity index is 1.70. The maximum atomic E-state index is 12.2. The lowest BCUT2D eigenvalue weighted by Crippen LogP contribution is -2.38. The first kappa shape index (κ1) is 13.0. The van der Waals surface area contributed by atoms with E-state index in [-0.39, 0.29) is 18.4 Å². The predicted octanol–water partition coefficient (Wildman–Crippen LogP) is 1.64. The number of carboxylic acid groups (broad SMARTS) is 1. The van der Waals surface area contributed by atoms with Crippen molar-refractivity contribution in [2.45, 2.75) is 31.7 Å². The molecule has 2 aliphatic rings. The molecule has 0 aromatic heterocycles. The zero-order chi connectivity index (χ0) is 14.1. The monoisotopic (exact) mass is 274 g/mol. The van der Waals surface area contributed by atoms with Crippen molar-refractivity contribution in [3.05, 3.63) is 29.3 Å². The molecule has 3 rings (SSSR count). The minimum Gasteiger partial charge on any atom is -0.481 e. The van der Waals surface area contributed by atoms with Crippen molar-refractivity contribution in [1.82, 2.24) is 5.32 Å². The Morgan fingerprint density at radius 3 is 2.90 bits per heavy atom. The summed E-state index contributed by atoms with van der Waals surface area (Å²) in [6, 6.07) is 5.38. The molecule has 5 nitrogen and oxygen atoms in total. The van der Waals surface area contributed by atoms with E-state index >= 15 is 0 Å². The molecule has 1 saturated carbocycles. The number of aliphatic carboxylic acids is 1. The van der Waals surface area contributed by atoms with Gasteiger partial charge in [0.05, 0.1) is 6.42 Å². The van der Waals surface area contributed by atoms with Gasteiger partial charge in [-0.3, -0.25) is 9.59 Å². The van der Waals surface area contributed by atoms with Crippen LogP contribution in [-0.4, -0.2) is 29.6 Å². The number of amides is 1. The smallest absolute Gasteiger partial charge is 0.305 e. The Bertz CT molecular complexity index is 552. The number of anilines is 1. The number of hydrogen-bond donors (Lipinski definition) is 3. The molecule has 1 heterocycles. The molecule has 1 aliphatic carbocycles. The van der Waals surface area contributed by atoms with E-state index in [4.69, 9.17) is 5.11 Å². The van der Waals surface area contributed by atoms with Gasteiger partial charge in [0.15, 0.2) is 0 Å². The molecule has 0 bridgehead atoms. The van der Waals surface area contributed by atoms with Crippen LogP contribution in [0.25, 0.3) is 0 Å². The van der Waals surface area contributed by atoms with Crippen LogP contribution in [0.15, 0.2) is 18.2 Å². The fourth-order valence-corrected chi connectivity index (χ4v) is 2.71. The van der Waals surface area contributed by atoms with Gasteiger partial charge in [-0.2, -0.15) is 0 Å². The van der Waals surface area contributed by atoms with E-state index < -0.39 is 5.97 Å². The van der Waals surface area contributed by atoms with Crippen molar-refractivity contribution in [2.24, 2.45) is 5.92 Å².